The fourth-order valence-electron chi connectivity index (χ4n) is 2.16. The van der Waals surface area contributed by atoms with E-state index in [4.69, 9.17) is 0 Å². The summed E-state index contributed by atoms with van der Waals surface area (Å²) in [6.45, 7) is 1.93. The highest BCUT2D eigenvalue weighted by molar-refractivity contribution is 6.34. The van der Waals surface area contributed by atoms with Crippen molar-refractivity contribution in [2.45, 2.75) is 6.92 Å². The molecule has 0 unspecified atom stereocenters. The zero-order valence-corrected chi connectivity index (χ0v) is 10.3. The van der Waals surface area contributed by atoms with Crippen molar-refractivity contribution in [2.75, 3.05) is 4.90 Å². The van der Waals surface area contributed by atoms with Gasteiger partial charge in [0.25, 0.3) is 11.8 Å². The van der Waals surface area contributed by atoms with Crippen molar-refractivity contribution in [1.82, 2.24) is 0 Å². The minimum absolute atomic E-state index is 0.0225. The van der Waals surface area contributed by atoms with Crippen LogP contribution in [0.4, 0.5) is 5.69 Å². The van der Waals surface area contributed by atoms with Gasteiger partial charge in [0.1, 0.15) is 5.75 Å². The lowest BCUT2D eigenvalue weighted by Crippen LogP contribution is -2.29. The number of phenols is 1. The molecule has 0 spiro atoms. The summed E-state index contributed by atoms with van der Waals surface area (Å²) < 4.78 is 0. The summed E-state index contributed by atoms with van der Waals surface area (Å²) in [4.78, 5) is 25.6. The van der Waals surface area contributed by atoms with Crippen molar-refractivity contribution in [3.63, 3.8) is 0 Å². The summed E-state index contributed by atoms with van der Waals surface area (Å²) in [6, 6.07) is 11.4. The standard InChI is InChI=1S/C15H11NO3/c1-9-2-4-10(5-3-9)16-14(18)12-7-6-11(17)8-13(12)15(16)19/h2-8,17H,1H3. The van der Waals surface area contributed by atoms with Crippen molar-refractivity contribution in [3.05, 3.63) is 59.2 Å². The Morgan fingerprint density at radius 2 is 1.53 bits per heavy atom. The Morgan fingerprint density at radius 1 is 0.895 bits per heavy atom. The van der Waals surface area contributed by atoms with Gasteiger partial charge < -0.3 is 5.11 Å². The summed E-state index contributed by atoms with van der Waals surface area (Å²) in [5.74, 6) is -0.783. The van der Waals surface area contributed by atoms with Gasteiger partial charge in [0.15, 0.2) is 0 Å². The molecule has 0 bridgehead atoms. The molecule has 0 aromatic heterocycles. The Morgan fingerprint density at radius 3 is 2.21 bits per heavy atom. The van der Waals surface area contributed by atoms with Crippen molar-refractivity contribution in [2.24, 2.45) is 0 Å². The van der Waals surface area contributed by atoms with E-state index < -0.39 is 5.91 Å². The average molecular weight is 253 g/mol. The van der Waals surface area contributed by atoms with Crippen LogP contribution in [-0.2, 0) is 0 Å². The highest BCUT2D eigenvalue weighted by Crippen LogP contribution is 2.30. The van der Waals surface area contributed by atoms with Crippen molar-refractivity contribution in [1.29, 1.82) is 0 Å². The van der Waals surface area contributed by atoms with Gasteiger partial charge in [-0.1, -0.05) is 17.7 Å². The second-order valence-corrected chi connectivity index (χ2v) is 4.51. The molecule has 3 rings (SSSR count). The molecule has 0 fully saturated rings. The molecule has 4 nitrogen and oxygen atoms in total. The number of carbonyl (C=O) groups excluding carboxylic acids is 2. The molecule has 2 aromatic carbocycles. The first-order chi connectivity index (χ1) is 9.08. The molecule has 2 aromatic rings. The van der Waals surface area contributed by atoms with Crippen LogP contribution in [-0.4, -0.2) is 16.9 Å². The second kappa shape index (κ2) is 3.95. The molecular formula is C15H11NO3. The highest BCUT2D eigenvalue weighted by atomic mass is 16.3. The number of imide groups is 1. The number of aromatic hydroxyl groups is 1. The summed E-state index contributed by atoms with van der Waals surface area (Å²) >= 11 is 0. The van der Waals surface area contributed by atoms with E-state index in [-0.39, 0.29) is 17.2 Å². The number of fused-ring (bicyclic) bond motifs is 1. The Kier molecular flexibility index (Phi) is 2.38. The largest absolute Gasteiger partial charge is 0.508 e. The number of benzene rings is 2. The maximum absolute atomic E-state index is 12.2. The molecular weight excluding hydrogens is 242 g/mol. The van der Waals surface area contributed by atoms with Crippen LogP contribution in [0.3, 0.4) is 0 Å². The lowest BCUT2D eigenvalue weighted by atomic mass is 10.1. The third-order valence-electron chi connectivity index (χ3n) is 3.16. The topological polar surface area (TPSA) is 57.6 Å². The molecule has 94 valence electrons. The van der Waals surface area contributed by atoms with Gasteiger partial charge in [-0.3, -0.25) is 9.59 Å². The quantitative estimate of drug-likeness (QED) is 0.794. The van der Waals surface area contributed by atoms with Gasteiger partial charge in [0.05, 0.1) is 16.8 Å². The lowest BCUT2D eigenvalue weighted by molar-refractivity contribution is 0.0926. The third-order valence-corrected chi connectivity index (χ3v) is 3.16. The monoisotopic (exact) mass is 253 g/mol. The van der Waals surface area contributed by atoms with Crippen LogP contribution in [0, 0.1) is 6.92 Å². The Balaban J connectivity index is 2.10. The van der Waals surface area contributed by atoms with Crippen molar-refractivity contribution < 1.29 is 14.7 Å². The number of amides is 2. The van der Waals surface area contributed by atoms with Gasteiger partial charge in [-0.25, -0.2) is 4.90 Å². The highest BCUT2D eigenvalue weighted by Gasteiger charge is 2.36. The molecule has 0 atom stereocenters. The van der Waals surface area contributed by atoms with Gasteiger partial charge in [0, 0.05) is 0 Å². The van der Waals surface area contributed by atoms with E-state index >= 15 is 0 Å². The Bertz CT molecular complexity index is 689. The van der Waals surface area contributed by atoms with Crippen LogP contribution in [0.15, 0.2) is 42.5 Å². The van der Waals surface area contributed by atoms with E-state index in [0.717, 1.165) is 10.5 Å². The van der Waals surface area contributed by atoms with E-state index in [1.807, 2.05) is 19.1 Å². The van der Waals surface area contributed by atoms with E-state index in [9.17, 15) is 14.7 Å². The SMILES string of the molecule is Cc1ccc(N2C(=O)c3ccc(O)cc3C2=O)cc1. The maximum Gasteiger partial charge on any atom is 0.266 e. The molecule has 19 heavy (non-hydrogen) atoms. The number of aryl methyl sites for hydroxylation is 1. The van der Waals surface area contributed by atoms with Crippen LogP contribution in [0.5, 0.6) is 5.75 Å². The summed E-state index contributed by atoms with van der Waals surface area (Å²) in [5.41, 5.74) is 2.16. The van der Waals surface area contributed by atoms with Gasteiger partial charge >= 0.3 is 0 Å². The Labute approximate surface area is 109 Å². The van der Waals surface area contributed by atoms with Crippen molar-refractivity contribution >= 4 is 17.5 Å². The second-order valence-electron chi connectivity index (χ2n) is 4.51. The van der Waals surface area contributed by atoms with Crippen LogP contribution in [0.2, 0.25) is 0 Å². The van der Waals surface area contributed by atoms with Gasteiger partial charge in [0.2, 0.25) is 0 Å². The molecule has 1 N–H and O–H groups in total. The third kappa shape index (κ3) is 1.69. The molecule has 2 amide bonds. The summed E-state index contributed by atoms with van der Waals surface area (Å²) in [6.07, 6.45) is 0. The minimum Gasteiger partial charge on any atom is -0.508 e. The molecule has 4 heteroatoms. The van der Waals surface area contributed by atoms with Crippen LogP contribution < -0.4 is 4.90 Å². The van der Waals surface area contributed by atoms with E-state index in [1.165, 1.54) is 18.2 Å². The smallest absolute Gasteiger partial charge is 0.266 e. The molecule has 1 aliphatic rings. The lowest BCUT2D eigenvalue weighted by Gasteiger charge is -2.13. The van der Waals surface area contributed by atoms with Crippen LogP contribution in [0.25, 0.3) is 0 Å². The number of phenolic OH excluding ortho intramolecular Hbond substituents is 1. The fraction of sp³-hybridized carbons (Fsp3) is 0.0667. The number of nitrogens with zero attached hydrogens (tertiary/aromatic N) is 1. The first-order valence-corrected chi connectivity index (χ1v) is 5.86. The molecule has 0 saturated heterocycles. The zero-order valence-electron chi connectivity index (χ0n) is 10.3. The number of hydrogen-bond acceptors (Lipinski definition) is 3. The number of rotatable bonds is 1. The summed E-state index contributed by atoms with van der Waals surface area (Å²) in [7, 11) is 0. The van der Waals surface area contributed by atoms with Gasteiger partial charge in [-0.05, 0) is 37.3 Å². The maximum atomic E-state index is 12.2. The van der Waals surface area contributed by atoms with Gasteiger partial charge in [-0.2, -0.15) is 0 Å². The predicted octanol–water partition coefficient (Wildman–Crippen LogP) is 2.50. The molecule has 0 saturated carbocycles. The first-order valence-electron chi connectivity index (χ1n) is 5.86. The fourth-order valence-corrected chi connectivity index (χ4v) is 2.16. The number of hydrogen-bond donors (Lipinski definition) is 1. The predicted molar refractivity (Wildman–Crippen MR) is 70.4 cm³/mol. The van der Waals surface area contributed by atoms with Crippen molar-refractivity contribution in [3.8, 4) is 5.75 Å². The minimum atomic E-state index is -0.403. The molecule has 0 aliphatic carbocycles. The van der Waals surface area contributed by atoms with Gasteiger partial charge in [-0.15, -0.1) is 0 Å². The van der Waals surface area contributed by atoms with E-state index in [0.29, 0.717) is 11.3 Å². The number of anilines is 1. The average Bonchev–Trinajstić information content (AvgIpc) is 2.63. The van der Waals surface area contributed by atoms with E-state index in [1.54, 1.807) is 12.1 Å². The zero-order chi connectivity index (χ0) is 13.6. The first kappa shape index (κ1) is 11.5. The molecule has 1 aliphatic heterocycles. The summed E-state index contributed by atoms with van der Waals surface area (Å²) in [5, 5.41) is 9.41. The number of carbonyl (C=O) groups is 2. The van der Waals surface area contributed by atoms with Crippen LogP contribution in [0.1, 0.15) is 26.3 Å². The van der Waals surface area contributed by atoms with E-state index in [2.05, 4.69) is 0 Å². The normalized spacial score (nSPS) is 13.8. The Hall–Kier alpha value is -2.62. The van der Waals surface area contributed by atoms with Crippen LogP contribution >= 0.6 is 0 Å². The molecule has 1 heterocycles. The molecule has 0 radical (unpaired) electrons.